The van der Waals surface area contributed by atoms with Crippen molar-refractivity contribution in [3.63, 3.8) is 0 Å². The van der Waals surface area contributed by atoms with Gasteiger partial charge in [-0.25, -0.2) is 4.98 Å². The van der Waals surface area contributed by atoms with Crippen molar-refractivity contribution in [1.82, 2.24) is 20.3 Å². The van der Waals surface area contributed by atoms with Gasteiger partial charge in [-0.1, -0.05) is 18.2 Å². The Kier molecular flexibility index (Phi) is 4.66. The molecule has 10 heteroatoms. The first kappa shape index (κ1) is 18.7. The number of anilines is 3. The third-order valence-corrected chi connectivity index (χ3v) is 5.30. The van der Waals surface area contributed by atoms with E-state index in [-0.39, 0.29) is 23.8 Å². The molecule has 5 rings (SSSR count). The van der Waals surface area contributed by atoms with E-state index in [1.54, 1.807) is 6.20 Å². The second kappa shape index (κ2) is 7.48. The molecule has 4 atom stereocenters. The van der Waals surface area contributed by atoms with E-state index in [2.05, 4.69) is 30.9 Å². The number of ether oxygens (including phenoxy) is 1. The molecule has 3 aromatic rings. The largest absolute Gasteiger partial charge is 0.366 e. The number of primary amides is 1. The molecule has 10 nitrogen and oxygen atoms in total. The van der Waals surface area contributed by atoms with Gasteiger partial charge in [0, 0.05) is 30.2 Å². The molecular weight excluding hydrogens is 386 g/mol. The maximum atomic E-state index is 11.9. The SMILES string of the molecule is NC(=O)c1cnc(N[C@H]2CN[C@H]([C@H]3OC3O)C2)nc1Nc1cnc2ccccc2c1. The smallest absolute Gasteiger partial charge is 0.254 e. The molecule has 2 aliphatic rings. The van der Waals surface area contributed by atoms with Gasteiger partial charge in [0.05, 0.1) is 17.4 Å². The van der Waals surface area contributed by atoms with Gasteiger partial charge in [0.2, 0.25) is 5.95 Å². The van der Waals surface area contributed by atoms with Crippen molar-refractivity contribution >= 4 is 34.3 Å². The van der Waals surface area contributed by atoms with Crippen LogP contribution in [0.3, 0.4) is 0 Å². The highest BCUT2D eigenvalue weighted by atomic mass is 16.7. The van der Waals surface area contributed by atoms with Crippen molar-refractivity contribution in [2.75, 3.05) is 17.2 Å². The Morgan fingerprint density at radius 2 is 2.10 bits per heavy atom. The van der Waals surface area contributed by atoms with Crippen LogP contribution in [-0.4, -0.2) is 57.0 Å². The number of benzene rings is 1. The van der Waals surface area contributed by atoms with Crippen LogP contribution >= 0.6 is 0 Å². The lowest BCUT2D eigenvalue weighted by Crippen LogP contribution is -2.28. The number of aliphatic hydroxyl groups excluding tert-OH is 1. The van der Waals surface area contributed by atoms with Crippen molar-refractivity contribution in [3.8, 4) is 0 Å². The van der Waals surface area contributed by atoms with Crippen molar-refractivity contribution in [1.29, 1.82) is 0 Å². The lowest BCUT2D eigenvalue weighted by atomic mass is 10.1. The summed E-state index contributed by atoms with van der Waals surface area (Å²) in [4.78, 5) is 25.0. The average molecular weight is 407 g/mol. The molecule has 0 spiro atoms. The Bertz CT molecular complexity index is 1110. The molecule has 2 aliphatic heterocycles. The fourth-order valence-electron chi connectivity index (χ4n) is 3.72. The van der Waals surface area contributed by atoms with Gasteiger partial charge in [-0.15, -0.1) is 0 Å². The molecule has 4 heterocycles. The maximum absolute atomic E-state index is 11.9. The number of hydrogen-bond donors (Lipinski definition) is 5. The van der Waals surface area contributed by atoms with Gasteiger partial charge in [-0.3, -0.25) is 9.78 Å². The number of aliphatic hydroxyl groups is 1. The van der Waals surface area contributed by atoms with Crippen molar-refractivity contribution in [2.24, 2.45) is 5.73 Å². The number of fused-ring (bicyclic) bond motifs is 1. The molecule has 6 N–H and O–H groups in total. The zero-order valence-corrected chi connectivity index (χ0v) is 15.9. The molecule has 0 aliphatic carbocycles. The van der Waals surface area contributed by atoms with Gasteiger partial charge < -0.3 is 31.5 Å². The summed E-state index contributed by atoms with van der Waals surface area (Å²) in [5.74, 6) is 0.0572. The van der Waals surface area contributed by atoms with Gasteiger partial charge in [0.25, 0.3) is 5.91 Å². The molecule has 1 amide bonds. The minimum atomic E-state index is -0.682. The Hall–Kier alpha value is -3.34. The molecule has 1 unspecified atom stereocenters. The van der Waals surface area contributed by atoms with E-state index in [0.29, 0.717) is 24.0 Å². The van der Waals surface area contributed by atoms with Crippen LogP contribution in [0.1, 0.15) is 16.8 Å². The van der Waals surface area contributed by atoms with Crippen LogP contribution in [0.5, 0.6) is 0 Å². The molecule has 1 aromatic carbocycles. The minimum absolute atomic E-state index is 0.0704. The fourth-order valence-corrected chi connectivity index (χ4v) is 3.72. The van der Waals surface area contributed by atoms with Crippen LogP contribution in [-0.2, 0) is 4.74 Å². The number of amides is 1. The molecule has 154 valence electrons. The van der Waals surface area contributed by atoms with Crippen LogP contribution in [0.15, 0.2) is 42.7 Å². The summed E-state index contributed by atoms with van der Waals surface area (Å²) in [7, 11) is 0. The Morgan fingerprint density at radius 1 is 1.27 bits per heavy atom. The van der Waals surface area contributed by atoms with Crippen LogP contribution in [0, 0.1) is 0 Å². The lowest BCUT2D eigenvalue weighted by molar-refractivity contribution is 0.100. The summed E-state index contributed by atoms with van der Waals surface area (Å²) in [6.07, 6.45) is 3.00. The highest BCUT2D eigenvalue weighted by Gasteiger charge is 2.46. The maximum Gasteiger partial charge on any atom is 0.254 e. The predicted molar refractivity (Wildman–Crippen MR) is 110 cm³/mol. The average Bonchev–Trinajstić information content (AvgIpc) is 3.28. The van der Waals surface area contributed by atoms with E-state index in [1.807, 2.05) is 30.3 Å². The number of nitrogens with one attached hydrogen (secondary N) is 3. The normalized spacial score (nSPS) is 25.2. The molecule has 0 saturated carbocycles. The first-order valence-electron chi connectivity index (χ1n) is 9.69. The molecule has 0 bridgehead atoms. The van der Waals surface area contributed by atoms with Gasteiger partial charge in [0.1, 0.15) is 17.5 Å². The highest BCUT2D eigenvalue weighted by molar-refractivity contribution is 5.98. The van der Waals surface area contributed by atoms with Crippen LogP contribution in [0.2, 0.25) is 0 Å². The molecule has 0 radical (unpaired) electrons. The highest BCUT2D eigenvalue weighted by Crippen LogP contribution is 2.28. The van der Waals surface area contributed by atoms with Crippen LogP contribution < -0.4 is 21.7 Å². The number of epoxide rings is 1. The van der Waals surface area contributed by atoms with Crippen molar-refractivity contribution < 1.29 is 14.6 Å². The molecular formula is C20H21N7O3. The van der Waals surface area contributed by atoms with Gasteiger partial charge in [0.15, 0.2) is 6.29 Å². The third-order valence-electron chi connectivity index (χ3n) is 5.30. The summed E-state index contributed by atoms with van der Waals surface area (Å²) in [6, 6.07) is 9.83. The molecule has 2 saturated heterocycles. The Balaban J connectivity index is 1.35. The van der Waals surface area contributed by atoms with E-state index in [4.69, 9.17) is 10.5 Å². The summed E-state index contributed by atoms with van der Waals surface area (Å²) in [6.45, 7) is 0.690. The van der Waals surface area contributed by atoms with Crippen LogP contribution in [0.25, 0.3) is 10.9 Å². The molecule has 30 heavy (non-hydrogen) atoms. The summed E-state index contributed by atoms with van der Waals surface area (Å²) in [5, 5.41) is 20.1. The first-order valence-corrected chi connectivity index (χ1v) is 9.69. The van der Waals surface area contributed by atoms with E-state index in [9.17, 15) is 9.90 Å². The Morgan fingerprint density at radius 3 is 2.90 bits per heavy atom. The number of nitrogens with zero attached hydrogens (tertiary/aromatic N) is 3. The van der Waals surface area contributed by atoms with Crippen LogP contribution in [0.4, 0.5) is 17.5 Å². The monoisotopic (exact) mass is 407 g/mol. The number of rotatable bonds is 6. The van der Waals surface area contributed by atoms with Gasteiger partial charge >= 0.3 is 0 Å². The van der Waals surface area contributed by atoms with Crippen molar-refractivity contribution in [3.05, 3.63) is 48.3 Å². The predicted octanol–water partition coefficient (Wildman–Crippen LogP) is 0.727. The second-order valence-corrected chi connectivity index (χ2v) is 7.44. The number of hydrogen-bond acceptors (Lipinski definition) is 9. The van der Waals surface area contributed by atoms with E-state index >= 15 is 0 Å². The number of nitrogens with two attached hydrogens (primary N) is 1. The topological polar surface area (TPSA) is 151 Å². The summed E-state index contributed by atoms with van der Waals surface area (Å²) < 4.78 is 5.12. The number of aromatic nitrogens is 3. The molecule has 2 fully saturated rings. The number of para-hydroxylation sites is 1. The van der Waals surface area contributed by atoms with E-state index in [0.717, 1.165) is 17.3 Å². The summed E-state index contributed by atoms with van der Waals surface area (Å²) >= 11 is 0. The van der Waals surface area contributed by atoms with Gasteiger partial charge in [-0.2, -0.15) is 4.98 Å². The quantitative estimate of drug-likeness (QED) is 0.372. The zero-order chi connectivity index (χ0) is 20.7. The third kappa shape index (κ3) is 3.75. The number of carbonyl (C=O) groups is 1. The van der Waals surface area contributed by atoms with Crippen molar-refractivity contribution in [2.45, 2.75) is 30.9 Å². The molecule has 2 aromatic heterocycles. The van der Waals surface area contributed by atoms with Gasteiger partial charge in [-0.05, 0) is 18.6 Å². The van der Waals surface area contributed by atoms with E-state index in [1.165, 1.54) is 6.20 Å². The fraction of sp³-hybridized carbons (Fsp3) is 0.300. The zero-order valence-electron chi connectivity index (χ0n) is 15.9. The van der Waals surface area contributed by atoms with E-state index < -0.39 is 12.2 Å². The first-order chi connectivity index (χ1) is 14.6. The number of pyridine rings is 1. The minimum Gasteiger partial charge on any atom is -0.366 e. The lowest BCUT2D eigenvalue weighted by Gasteiger charge is -2.14. The summed E-state index contributed by atoms with van der Waals surface area (Å²) in [5.41, 5.74) is 7.24. The Labute approximate surface area is 171 Å². The second-order valence-electron chi connectivity index (χ2n) is 7.44. The standard InChI is InChI=1S/C20H21N7O3/c21-17(28)13-9-24-20(26-12-6-15(23-8-12)16-19(29)30-16)27-18(13)25-11-5-10-3-1-2-4-14(10)22-7-11/h1-5,7,9,12,15-16,19,23,29H,6,8H2,(H2,21,28)(H2,24,25,26,27)/t12-,15+,16-,19?/m1/s1. The number of carbonyl (C=O) groups excluding carboxylic acids is 1.